The van der Waals surface area contributed by atoms with Gasteiger partial charge in [-0.2, -0.15) is 0 Å². The summed E-state index contributed by atoms with van der Waals surface area (Å²) in [7, 11) is 0. The summed E-state index contributed by atoms with van der Waals surface area (Å²) in [6.07, 6.45) is 0. The Morgan fingerprint density at radius 3 is 2.81 bits per heavy atom. The number of amidine groups is 1. The van der Waals surface area contributed by atoms with E-state index in [1.165, 1.54) is 0 Å². The van der Waals surface area contributed by atoms with Gasteiger partial charge >= 0.3 is 0 Å². The number of aliphatic imine (C=N–C) groups is 1. The molecular weight excluding hydrogens is 304 g/mol. The van der Waals surface area contributed by atoms with Crippen LogP contribution in [0.5, 0.6) is 0 Å². The zero-order chi connectivity index (χ0) is 12.3. The van der Waals surface area contributed by atoms with Crippen LogP contribution in [0.1, 0.15) is 0 Å². The Hall–Kier alpha value is -1.21. The molecule has 0 saturated heterocycles. The molecule has 0 aliphatic carbocycles. The van der Waals surface area contributed by atoms with E-state index in [4.69, 9.17) is 17.3 Å². The van der Waals surface area contributed by atoms with Crippen molar-refractivity contribution >= 4 is 44.7 Å². The molecule has 0 radical (unpaired) electrons. The van der Waals surface area contributed by atoms with Crippen molar-refractivity contribution in [2.24, 2.45) is 10.7 Å². The quantitative estimate of drug-likeness (QED) is 0.306. The summed E-state index contributed by atoms with van der Waals surface area (Å²) in [6, 6.07) is 1.94. The maximum Gasteiger partial charge on any atom is 0.296 e. The van der Waals surface area contributed by atoms with E-state index in [1.54, 1.807) is 0 Å². The van der Waals surface area contributed by atoms with Crippen LogP contribution >= 0.6 is 27.5 Å². The smallest absolute Gasteiger partial charge is 0.296 e. The van der Waals surface area contributed by atoms with Crippen LogP contribution in [0, 0.1) is 15.9 Å². The van der Waals surface area contributed by atoms with Crippen LogP contribution in [0.4, 0.5) is 15.8 Å². The highest BCUT2D eigenvalue weighted by molar-refractivity contribution is 9.10. The molecule has 0 unspecified atom stereocenters. The first-order valence-electron chi connectivity index (χ1n) is 3.98. The molecule has 1 rings (SSSR count). The standard InChI is InChI=1S/C8H6BrClFN3O2/c9-4-1-7(14(15)16)6(2-5(4)11)13-8(12)3-10/h1-2H,3H2,(H2,12,13). The van der Waals surface area contributed by atoms with E-state index in [2.05, 4.69) is 20.9 Å². The van der Waals surface area contributed by atoms with E-state index >= 15 is 0 Å². The third-order valence-corrected chi connectivity index (χ3v) is 2.50. The van der Waals surface area contributed by atoms with Gasteiger partial charge in [0.15, 0.2) is 0 Å². The molecule has 0 spiro atoms. The highest BCUT2D eigenvalue weighted by Crippen LogP contribution is 2.32. The predicted octanol–water partition coefficient (Wildman–Crippen LogP) is 2.72. The number of rotatable bonds is 3. The third kappa shape index (κ3) is 2.89. The number of nitrogens with two attached hydrogens (primary N) is 1. The minimum absolute atomic E-state index is 0.0115. The van der Waals surface area contributed by atoms with Crippen LogP contribution in [0.2, 0.25) is 0 Å². The monoisotopic (exact) mass is 309 g/mol. The van der Waals surface area contributed by atoms with Gasteiger partial charge in [0.05, 0.1) is 15.3 Å². The van der Waals surface area contributed by atoms with Gasteiger partial charge in [0.25, 0.3) is 5.69 Å². The molecule has 0 saturated carbocycles. The van der Waals surface area contributed by atoms with Crippen LogP contribution in [0.15, 0.2) is 21.6 Å². The lowest BCUT2D eigenvalue weighted by molar-refractivity contribution is -0.384. The van der Waals surface area contributed by atoms with E-state index in [9.17, 15) is 14.5 Å². The van der Waals surface area contributed by atoms with Crippen molar-refractivity contribution in [3.05, 3.63) is 32.5 Å². The van der Waals surface area contributed by atoms with Gasteiger partial charge in [-0.15, -0.1) is 11.6 Å². The van der Waals surface area contributed by atoms with Crippen molar-refractivity contribution in [2.45, 2.75) is 0 Å². The van der Waals surface area contributed by atoms with Crippen molar-refractivity contribution in [3.63, 3.8) is 0 Å². The van der Waals surface area contributed by atoms with E-state index in [1.807, 2.05) is 0 Å². The second kappa shape index (κ2) is 5.22. The number of hydrogen-bond donors (Lipinski definition) is 1. The minimum atomic E-state index is -0.676. The number of hydrogen-bond acceptors (Lipinski definition) is 3. The van der Waals surface area contributed by atoms with Gasteiger partial charge in [-0.05, 0) is 15.9 Å². The van der Waals surface area contributed by atoms with Crippen LogP contribution in [-0.4, -0.2) is 16.6 Å². The molecule has 0 aliphatic heterocycles. The lowest BCUT2D eigenvalue weighted by Gasteiger charge is -2.01. The number of alkyl halides is 1. The Morgan fingerprint density at radius 1 is 1.69 bits per heavy atom. The number of nitrogens with zero attached hydrogens (tertiary/aromatic N) is 2. The van der Waals surface area contributed by atoms with E-state index in [-0.39, 0.29) is 27.6 Å². The molecule has 0 heterocycles. The van der Waals surface area contributed by atoms with E-state index < -0.39 is 10.7 Å². The van der Waals surface area contributed by atoms with Crippen LogP contribution < -0.4 is 5.73 Å². The summed E-state index contributed by atoms with van der Waals surface area (Å²) < 4.78 is 13.2. The second-order valence-electron chi connectivity index (χ2n) is 2.75. The van der Waals surface area contributed by atoms with Crippen molar-refractivity contribution < 1.29 is 9.31 Å². The van der Waals surface area contributed by atoms with Crippen molar-refractivity contribution in [1.29, 1.82) is 0 Å². The zero-order valence-corrected chi connectivity index (χ0v) is 10.1. The van der Waals surface area contributed by atoms with Gasteiger partial charge in [-0.1, -0.05) is 0 Å². The molecule has 0 aliphatic rings. The normalized spacial score (nSPS) is 11.6. The van der Waals surface area contributed by atoms with Gasteiger partial charge in [0, 0.05) is 12.1 Å². The van der Waals surface area contributed by atoms with Gasteiger partial charge in [-0.25, -0.2) is 9.38 Å². The van der Waals surface area contributed by atoms with Gasteiger partial charge in [0.2, 0.25) is 0 Å². The highest BCUT2D eigenvalue weighted by Gasteiger charge is 2.17. The van der Waals surface area contributed by atoms with E-state index in [0.717, 1.165) is 12.1 Å². The van der Waals surface area contributed by atoms with Crippen molar-refractivity contribution in [2.75, 3.05) is 5.88 Å². The molecule has 0 atom stereocenters. The molecule has 1 aromatic carbocycles. The van der Waals surface area contributed by atoms with Gasteiger partial charge in [0.1, 0.15) is 17.3 Å². The maximum atomic E-state index is 13.2. The lowest BCUT2D eigenvalue weighted by Crippen LogP contribution is -2.12. The van der Waals surface area contributed by atoms with Gasteiger partial charge in [-0.3, -0.25) is 10.1 Å². The topological polar surface area (TPSA) is 81.5 Å². The molecule has 0 bridgehead atoms. The molecule has 0 amide bonds. The first-order valence-corrected chi connectivity index (χ1v) is 5.31. The second-order valence-corrected chi connectivity index (χ2v) is 3.87. The molecule has 16 heavy (non-hydrogen) atoms. The third-order valence-electron chi connectivity index (χ3n) is 1.62. The molecular formula is C8H6BrClFN3O2. The Labute approximate surface area is 103 Å². The molecule has 5 nitrogen and oxygen atoms in total. The average Bonchev–Trinajstić information content (AvgIpc) is 2.22. The SMILES string of the molecule is NC(CCl)=Nc1cc(F)c(Br)cc1[N+](=O)[O-]. The van der Waals surface area contributed by atoms with Crippen LogP contribution in [0.25, 0.3) is 0 Å². The predicted molar refractivity (Wildman–Crippen MR) is 62.8 cm³/mol. The largest absolute Gasteiger partial charge is 0.386 e. The molecule has 1 aromatic rings. The molecule has 86 valence electrons. The summed E-state index contributed by atoms with van der Waals surface area (Å²) >= 11 is 8.22. The molecule has 0 fully saturated rings. The maximum absolute atomic E-state index is 13.2. The van der Waals surface area contributed by atoms with Crippen molar-refractivity contribution in [3.8, 4) is 0 Å². The zero-order valence-electron chi connectivity index (χ0n) is 7.78. The molecule has 0 aromatic heterocycles. The fourth-order valence-corrected chi connectivity index (χ4v) is 1.34. The summed E-state index contributed by atoms with van der Waals surface area (Å²) in [4.78, 5) is 13.7. The Kier molecular flexibility index (Phi) is 4.19. The minimum Gasteiger partial charge on any atom is -0.386 e. The number of benzene rings is 1. The molecule has 2 N–H and O–H groups in total. The van der Waals surface area contributed by atoms with Gasteiger partial charge < -0.3 is 5.73 Å². The fourth-order valence-electron chi connectivity index (χ4n) is 0.946. The van der Waals surface area contributed by atoms with E-state index in [0.29, 0.717) is 0 Å². The first-order chi connectivity index (χ1) is 7.45. The summed E-state index contributed by atoms with van der Waals surface area (Å²) in [6.45, 7) is 0. The number of nitro benzene ring substituents is 1. The van der Waals surface area contributed by atoms with Crippen LogP contribution in [0.3, 0.4) is 0 Å². The number of nitro groups is 1. The number of halogens is 3. The summed E-state index contributed by atoms with van der Waals surface area (Å²) in [5.41, 5.74) is 4.81. The average molecular weight is 311 g/mol. The van der Waals surface area contributed by atoms with Crippen molar-refractivity contribution in [1.82, 2.24) is 0 Å². The lowest BCUT2D eigenvalue weighted by atomic mass is 10.2. The fraction of sp³-hybridized carbons (Fsp3) is 0.125. The first kappa shape index (κ1) is 12.9. The Morgan fingerprint density at radius 2 is 2.31 bits per heavy atom. The summed E-state index contributed by atoms with van der Waals surface area (Å²) in [5.74, 6) is -0.771. The summed E-state index contributed by atoms with van der Waals surface area (Å²) in [5, 5.41) is 10.7. The highest BCUT2D eigenvalue weighted by atomic mass is 79.9. The Bertz CT molecular complexity index is 467. The molecule has 8 heteroatoms. The van der Waals surface area contributed by atoms with Crippen LogP contribution in [-0.2, 0) is 0 Å². The Balaban J connectivity index is 3.36.